The quantitative estimate of drug-likeness (QED) is 0.830. The van der Waals surface area contributed by atoms with Gasteiger partial charge in [0, 0.05) is 26.2 Å². The summed E-state index contributed by atoms with van der Waals surface area (Å²) in [6.45, 7) is 6.47. The second-order valence-corrected chi connectivity index (χ2v) is 5.22. The minimum absolute atomic E-state index is 0.897. The summed E-state index contributed by atoms with van der Waals surface area (Å²) < 4.78 is 1.05. The third-order valence-corrected chi connectivity index (χ3v) is 4.21. The number of halogens is 1. The standard InChI is InChI=1S/C11H15BrN4/c1-8-9(12)10(15-4-2-5-15)14-11(13-8)16-6-3-7-16/h2-7H2,1H3. The summed E-state index contributed by atoms with van der Waals surface area (Å²) in [7, 11) is 0. The Hall–Kier alpha value is -0.840. The van der Waals surface area contributed by atoms with Crippen molar-refractivity contribution >= 4 is 27.7 Å². The van der Waals surface area contributed by atoms with Crippen LogP contribution in [0.5, 0.6) is 0 Å². The van der Waals surface area contributed by atoms with E-state index in [9.17, 15) is 0 Å². The van der Waals surface area contributed by atoms with Crippen molar-refractivity contribution in [2.24, 2.45) is 0 Å². The number of rotatable bonds is 2. The molecule has 0 bridgehead atoms. The largest absolute Gasteiger partial charge is 0.355 e. The predicted molar refractivity (Wildman–Crippen MR) is 68.1 cm³/mol. The summed E-state index contributed by atoms with van der Waals surface area (Å²) in [4.78, 5) is 13.8. The van der Waals surface area contributed by atoms with Crippen molar-refractivity contribution in [3.8, 4) is 0 Å². The highest BCUT2D eigenvalue weighted by Crippen LogP contribution is 2.32. The molecule has 3 heterocycles. The molecule has 86 valence electrons. The Morgan fingerprint density at radius 2 is 1.62 bits per heavy atom. The van der Waals surface area contributed by atoms with Crippen molar-refractivity contribution < 1.29 is 0 Å². The van der Waals surface area contributed by atoms with Crippen molar-refractivity contribution in [1.29, 1.82) is 0 Å². The highest BCUT2D eigenvalue weighted by atomic mass is 79.9. The Labute approximate surface area is 104 Å². The van der Waals surface area contributed by atoms with Crippen molar-refractivity contribution in [2.45, 2.75) is 19.8 Å². The molecule has 2 saturated heterocycles. The van der Waals surface area contributed by atoms with E-state index in [1.807, 2.05) is 6.92 Å². The van der Waals surface area contributed by atoms with Crippen LogP contribution in [0.1, 0.15) is 18.5 Å². The number of hydrogen-bond acceptors (Lipinski definition) is 4. The maximum Gasteiger partial charge on any atom is 0.227 e. The van der Waals surface area contributed by atoms with E-state index in [4.69, 9.17) is 0 Å². The number of aromatic nitrogens is 2. The molecule has 2 fully saturated rings. The Morgan fingerprint density at radius 1 is 1.00 bits per heavy atom. The van der Waals surface area contributed by atoms with E-state index >= 15 is 0 Å². The lowest BCUT2D eigenvalue weighted by Crippen LogP contribution is -2.41. The van der Waals surface area contributed by atoms with Gasteiger partial charge >= 0.3 is 0 Å². The average molecular weight is 283 g/mol. The highest BCUT2D eigenvalue weighted by Gasteiger charge is 2.24. The van der Waals surface area contributed by atoms with Gasteiger partial charge in [0.2, 0.25) is 5.95 Å². The highest BCUT2D eigenvalue weighted by molar-refractivity contribution is 9.10. The molecular formula is C11H15BrN4. The van der Waals surface area contributed by atoms with Gasteiger partial charge in [-0.25, -0.2) is 4.98 Å². The van der Waals surface area contributed by atoms with Crippen molar-refractivity contribution in [2.75, 3.05) is 36.0 Å². The fraction of sp³-hybridized carbons (Fsp3) is 0.636. The van der Waals surface area contributed by atoms with Crippen LogP contribution >= 0.6 is 15.9 Å². The molecule has 0 aliphatic carbocycles. The Bertz CT molecular complexity index is 413. The SMILES string of the molecule is Cc1nc(N2CCC2)nc(N2CCC2)c1Br. The second-order valence-electron chi connectivity index (χ2n) is 4.43. The van der Waals surface area contributed by atoms with Gasteiger partial charge in [0.25, 0.3) is 0 Å². The fourth-order valence-corrected chi connectivity index (χ4v) is 2.35. The molecule has 0 aromatic carbocycles. The third-order valence-electron chi connectivity index (χ3n) is 3.28. The van der Waals surface area contributed by atoms with Crippen LogP contribution in [0.4, 0.5) is 11.8 Å². The molecule has 4 nitrogen and oxygen atoms in total. The van der Waals surface area contributed by atoms with Crippen LogP contribution in [0.3, 0.4) is 0 Å². The van der Waals surface area contributed by atoms with E-state index in [0.29, 0.717) is 0 Å². The summed E-state index contributed by atoms with van der Waals surface area (Å²) >= 11 is 3.59. The van der Waals surface area contributed by atoms with Crippen LogP contribution in [0.2, 0.25) is 0 Å². The molecule has 0 unspecified atom stereocenters. The number of nitrogens with zero attached hydrogens (tertiary/aromatic N) is 4. The zero-order valence-electron chi connectivity index (χ0n) is 9.41. The van der Waals surface area contributed by atoms with Crippen molar-refractivity contribution in [3.05, 3.63) is 10.2 Å². The van der Waals surface area contributed by atoms with E-state index in [-0.39, 0.29) is 0 Å². The average Bonchev–Trinajstić information content (AvgIpc) is 2.07. The van der Waals surface area contributed by atoms with E-state index in [2.05, 4.69) is 35.7 Å². The lowest BCUT2D eigenvalue weighted by molar-refractivity contribution is 0.585. The molecule has 5 heteroatoms. The minimum atomic E-state index is 0.897. The molecule has 16 heavy (non-hydrogen) atoms. The summed E-state index contributed by atoms with van der Waals surface area (Å²) in [6, 6.07) is 0. The molecule has 2 aliphatic heterocycles. The first-order chi connectivity index (χ1) is 7.75. The van der Waals surface area contributed by atoms with Crippen LogP contribution in [-0.4, -0.2) is 36.1 Å². The Kier molecular flexibility index (Phi) is 2.50. The second kappa shape index (κ2) is 3.87. The number of aryl methyl sites for hydroxylation is 1. The van der Waals surface area contributed by atoms with E-state index < -0.39 is 0 Å². The molecule has 3 rings (SSSR count). The molecule has 0 saturated carbocycles. The Morgan fingerprint density at radius 3 is 2.12 bits per heavy atom. The van der Waals surface area contributed by atoms with E-state index in [1.165, 1.54) is 12.8 Å². The van der Waals surface area contributed by atoms with Crippen LogP contribution in [0, 0.1) is 6.92 Å². The predicted octanol–water partition coefficient (Wildman–Crippen LogP) is 1.97. The van der Waals surface area contributed by atoms with Gasteiger partial charge in [-0.15, -0.1) is 0 Å². The molecule has 0 radical (unpaired) electrons. The first-order valence-electron chi connectivity index (χ1n) is 5.80. The molecule has 0 amide bonds. The summed E-state index contributed by atoms with van der Waals surface area (Å²) in [5.74, 6) is 1.97. The number of hydrogen-bond donors (Lipinski definition) is 0. The maximum atomic E-state index is 4.67. The third kappa shape index (κ3) is 1.57. The first-order valence-corrected chi connectivity index (χ1v) is 6.59. The normalized spacial score (nSPS) is 19.4. The van der Waals surface area contributed by atoms with Crippen molar-refractivity contribution in [1.82, 2.24) is 9.97 Å². The summed E-state index contributed by atoms with van der Waals surface area (Å²) in [5.41, 5.74) is 1.04. The summed E-state index contributed by atoms with van der Waals surface area (Å²) in [6.07, 6.45) is 2.53. The summed E-state index contributed by atoms with van der Waals surface area (Å²) in [5, 5.41) is 0. The molecular weight excluding hydrogens is 268 g/mol. The molecule has 0 spiro atoms. The molecule has 0 N–H and O–H groups in total. The van der Waals surface area contributed by atoms with Gasteiger partial charge in [0.15, 0.2) is 0 Å². The van der Waals surface area contributed by atoms with E-state index in [0.717, 1.165) is 48.1 Å². The Balaban J connectivity index is 1.97. The van der Waals surface area contributed by atoms with Crippen LogP contribution in [0.15, 0.2) is 4.47 Å². The zero-order chi connectivity index (χ0) is 11.1. The van der Waals surface area contributed by atoms with Gasteiger partial charge in [0.05, 0.1) is 10.2 Å². The lowest BCUT2D eigenvalue weighted by atomic mass is 10.2. The molecule has 1 aromatic rings. The monoisotopic (exact) mass is 282 g/mol. The van der Waals surface area contributed by atoms with Gasteiger partial charge in [-0.1, -0.05) is 0 Å². The van der Waals surface area contributed by atoms with E-state index in [1.54, 1.807) is 0 Å². The zero-order valence-corrected chi connectivity index (χ0v) is 11.0. The number of anilines is 2. The van der Waals surface area contributed by atoms with Gasteiger partial charge in [-0.2, -0.15) is 4.98 Å². The van der Waals surface area contributed by atoms with Gasteiger partial charge in [-0.3, -0.25) is 0 Å². The van der Waals surface area contributed by atoms with Gasteiger partial charge < -0.3 is 9.80 Å². The smallest absolute Gasteiger partial charge is 0.227 e. The van der Waals surface area contributed by atoms with Crippen LogP contribution in [-0.2, 0) is 0 Å². The lowest BCUT2D eigenvalue weighted by Gasteiger charge is -2.35. The van der Waals surface area contributed by atoms with Crippen LogP contribution in [0.25, 0.3) is 0 Å². The topological polar surface area (TPSA) is 32.3 Å². The first kappa shape index (κ1) is 10.3. The maximum absolute atomic E-state index is 4.67. The molecule has 1 aromatic heterocycles. The fourth-order valence-electron chi connectivity index (χ4n) is 1.92. The van der Waals surface area contributed by atoms with Gasteiger partial charge in [0.1, 0.15) is 5.82 Å². The molecule has 0 atom stereocenters. The minimum Gasteiger partial charge on any atom is -0.355 e. The molecule has 2 aliphatic rings. The van der Waals surface area contributed by atoms with Crippen LogP contribution < -0.4 is 9.80 Å². The van der Waals surface area contributed by atoms with Crippen molar-refractivity contribution in [3.63, 3.8) is 0 Å². The van der Waals surface area contributed by atoms with Gasteiger partial charge in [-0.05, 0) is 35.7 Å².